The van der Waals surface area contributed by atoms with E-state index in [0.29, 0.717) is 13.1 Å². The van der Waals surface area contributed by atoms with Gasteiger partial charge in [0.15, 0.2) is 0 Å². The van der Waals surface area contributed by atoms with Crippen molar-refractivity contribution in [2.45, 2.75) is 45.3 Å². The van der Waals surface area contributed by atoms with Gasteiger partial charge in [0.2, 0.25) is 0 Å². The number of carbonyl (C=O) groups excluding carboxylic acids is 2. The summed E-state index contributed by atoms with van der Waals surface area (Å²) in [6.07, 6.45) is 0.936. The average Bonchev–Trinajstić information content (AvgIpc) is 2.52. The van der Waals surface area contributed by atoms with Crippen LogP contribution in [-0.2, 0) is 4.74 Å². The number of nitro benzene ring substituents is 1. The van der Waals surface area contributed by atoms with Crippen LogP contribution in [0.4, 0.5) is 10.5 Å². The minimum atomic E-state index is -0.595. The Labute approximate surface area is 160 Å². The number of nitrogens with zero attached hydrogens (tertiary/aromatic N) is 2. The zero-order valence-electron chi connectivity index (χ0n) is 15.0. The number of nitrogens with one attached hydrogen (secondary N) is 1. The first-order valence-electron chi connectivity index (χ1n) is 8.30. The van der Waals surface area contributed by atoms with Crippen LogP contribution in [0.25, 0.3) is 0 Å². The van der Waals surface area contributed by atoms with Gasteiger partial charge < -0.3 is 15.0 Å². The smallest absolute Gasteiger partial charge is 0.407 e. The lowest BCUT2D eigenvalue weighted by atomic mass is 10.0. The fourth-order valence-corrected chi connectivity index (χ4v) is 3.33. The van der Waals surface area contributed by atoms with Crippen LogP contribution < -0.4 is 5.32 Å². The summed E-state index contributed by atoms with van der Waals surface area (Å²) in [4.78, 5) is 36.8. The molecule has 0 bridgehead atoms. The standard InChI is InChI=1S/C17H22BrN3O5/c1-17(2,3)26-16(23)19-11-6-5-9-20(10-11)15(22)12-7-4-8-13(14(12)18)21(24)25/h4,7-8,11H,5-6,9-10H2,1-3H3,(H,19,23). The largest absolute Gasteiger partial charge is 0.444 e. The zero-order valence-corrected chi connectivity index (χ0v) is 16.5. The van der Waals surface area contributed by atoms with E-state index in [0.717, 1.165) is 12.8 Å². The van der Waals surface area contributed by atoms with Crippen molar-refractivity contribution in [3.63, 3.8) is 0 Å². The van der Waals surface area contributed by atoms with Crippen molar-refractivity contribution in [3.05, 3.63) is 38.3 Å². The Hall–Kier alpha value is -2.16. The summed E-state index contributed by atoms with van der Waals surface area (Å²) in [5.41, 5.74) is -0.518. The number of rotatable bonds is 3. The molecule has 2 amide bonds. The Bertz CT molecular complexity index is 717. The van der Waals surface area contributed by atoms with Gasteiger partial charge in [-0.1, -0.05) is 6.07 Å². The predicted molar refractivity (Wildman–Crippen MR) is 99.1 cm³/mol. The number of halogens is 1. The zero-order chi connectivity index (χ0) is 19.5. The highest BCUT2D eigenvalue weighted by atomic mass is 79.9. The van der Waals surface area contributed by atoms with E-state index in [4.69, 9.17) is 4.74 Å². The van der Waals surface area contributed by atoms with Gasteiger partial charge in [-0.2, -0.15) is 0 Å². The Balaban J connectivity index is 2.08. The van der Waals surface area contributed by atoms with Crippen molar-refractivity contribution < 1.29 is 19.2 Å². The van der Waals surface area contributed by atoms with Gasteiger partial charge in [-0.25, -0.2) is 4.79 Å². The molecular formula is C17H22BrN3O5. The van der Waals surface area contributed by atoms with E-state index in [1.807, 2.05) is 0 Å². The van der Waals surface area contributed by atoms with Crippen molar-refractivity contribution in [1.29, 1.82) is 0 Å². The van der Waals surface area contributed by atoms with Crippen LogP contribution in [0, 0.1) is 10.1 Å². The van der Waals surface area contributed by atoms with Crippen LogP contribution in [0.15, 0.2) is 22.7 Å². The third-order valence-corrected chi connectivity index (χ3v) is 4.67. The van der Waals surface area contributed by atoms with Crippen LogP contribution in [0.1, 0.15) is 44.0 Å². The van der Waals surface area contributed by atoms with Crippen molar-refractivity contribution in [2.75, 3.05) is 13.1 Å². The van der Waals surface area contributed by atoms with Crippen molar-refractivity contribution in [2.24, 2.45) is 0 Å². The second-order valence-corrected chi connectivity index (χ2v) is 7.93. The van der Waals surface area contributed by atoms with Gasteiger partial charge in [0.25, 0.3) is 11.6 Å². The highest BCUT2D eigenvalue weighted by Crippen LogP contribution is 2.29. The predicted octanol–water partition coefficient (Wildman–Crippen LogP) is 3.49. The summed E-state index contributed by atoms with van der Waals surface area (Å²) < 4.78 is 5.41. The highest BCUT2D eigenvalue weighted by Gasteiger charge is 2.29. The van der Waals surface area contributed by atoms with E-state index in [1.54, 1.807) is 31.7 Å². The number of carbonyl (C=O) groups is 2. The molecule has 1 aromatic carbocycles. The Morgan fingerprint density at radius 3 is 2.69 bits per heavy atom. The van der Waals surface area contributed by atoms with Gasteiger partial charge in [0, 0.05) is 25.2 Å². The molecule has 1 aromatic rings. The maximum absolute atomic E-state index is 12.8. The molecule has 0 aliphatic carbocycles. The molecule has 1 fully saturated rings. The van der Waals surface area contributed by atoms with E-state index in [-0.39, 0.29) is 27.7 Å². The second kappa shape index (κ2) is 8.03. The maximum atomic E-state index is 12.8. The van der Waals surface area contributed by atoms with E-state index < -0.39 is 16.6 Å². The van der Waals surface area contributed by atoms with Crippen molar-refractivity contribution >= 4 is 33.6 Å². The minimum absolute atomic E-state index is 0.156. The van der Waals surface area contributed by atoms with E-state index in [9.17, 15) is 19.7 Å². The molecule has 1 heterocycles. The molecule has 1 aliphatic rings. The fraction of sp³-hybridized carbons (Fsp3) is 0.529. The highest BCUT2D eigenvalue weighted by molar-refractivity contribution is 9.10. The summed E-state index contributed by atoms with van der Waals surface area (Å²) >= 11 is 3.16. The lowest BCUT2D eigenvalue weighted by molar-refractivity contribution is -0.385. The third kappa shape index (κ3) is 5.17. The fourth-order valence-electron chi connectivity index (χ4n) is 2.75. The number of piperidine rings is 1. The van der Waals surface area contributed by atoms with Crippen molar-refractivity contribution in [1.82, 2.24) is 10.2 Å². The van der Waals surface area contributed by atoms with Gasteiger partial charge in [-0.15, -0.1) is 0 Å². The van der Waals surface area contributed by atoms with Gasteiger partial charge in [-0.05, 0) is 55.6 Å². The number of nitro groups is 1. The summed E-state index contributed by atoms with van der Waals surface area (Å²) in [5, 5.41) is 13.8. The van der Waals surface area contributed by atoms with E-state index in [2.05, 4.69) is 21.2 Å². The van der Waals surface area contributed by atoms with Crippen LogP contribution in [-0.4, -0.2) is 46.6 Å². The molecule has 9 heteroatoms. The van der Waals surface area contributed by atoms with Crippen LogP contribution in [0.3, 0.4) is 0 Å². The first kappa shape index (κ1) is 20.2. The molecule has 142 valence electrons. The molecule has 0 spiro atoms. The normalized spacial score (nSPS) is 17.5. The minimum Gasteiger partial charge on any atom is -0.444 e. The first-order chi connectivity index (χ1) is 12.1. The van der Waals surface area contributed by atoms with Crippen LogP contribution in [0.2, 0.25) is 0 Å². The molecule has 1 N–H and O–H groups in total. The Morgan fingerprint density at radius 2 is 2.08 bits per heavy atom. The number of ether oxygens (including phenoxy) is 1. The average molecular weight is 428 g/mol. The van der Waals surface area contributed by atoms with Crippen LogP contribution in [0.5, 0.6) is 0 Å². The van der Waals surface area contributed by atoms with E-state index >= 15 is 0 Å². The van der Waals surface area contributed by atoms with Gasteiger partial charge >= 0.3 is 6.09 Å². The summed E-state index contributed by atoms with van der Waals surface area (Å²) in [5.74, 6) is -0.309. The lowest BCUT2D eigenvalue weighted by Gasteiger charge is -2.33. The summed E-state index contributed by atoms with van der Waals surface area (Å²) in [6, 6.07) is 4.14. The van der Waals surface area contributed by atoms with Crippen molar-refractivity contribution in [3.8, 4) is 0 Å². The molecule has 1 aliphatic heterocycles. The monoisotopic (exact) mass is 427 g/mol. The third-order valence-electron chi connectivity index (χ3n) is 3.83. The molecule has 0 saturated carbocycles. The number of hydrogen-bond donors (Lipinski definition) is 1. The Kier molecular flexibility index (Phi) is 6.22. The molecule has 2 rings (SSSR count). The second-order valence-electron chi connectivity index (χ2n) is 7.13. The number of amides is 2. The van der Waals surface area contributed by atoms with Gasteiger partial charge in [0.05, 0.1) is 10.5 Å². The molecular weight excluding hydrogens is 406 g/mol. The molecule has 1 atom stereocenters. The maximum Gasteiger partial charge on any atom is 0.407 e. The van der Waals surface area contributed by atoms with Crippen LogP contribution >= 0.6 is 15.9 Å². The van der Waals surface area contributed by atoms with Gasteiger partial charge in [-0.3, -0.25) is 14.9 Å². The summed E-state index contributed by atoms with van der Waals surface area (Å²) in [6.45, 7) is 6.20. The number of likely N-dealkylation sites (tertiary alicyclic amines) is 1. The number of hydrogen-bond acceptors (Lipinski definition) is 5. The first-order valence-corrected chi connectivity index (χ1v) is 9.09. The molecule has 0 aromatic heterocycles. The SMILES string of the molecule is CC(C)(C)OC(=O)NC1CCCN(C(=O)c2cccc([N+](=O)[O-])c2Br)C1. The molecule has 8 nitrogen and oxygen atoms in total. The lowest BCUT2D eigenvalue weighted by Crippen LogP contribution is -2.50. The Morgan fingerprint density at radius 1 is 1.38 bits per heavy atom. The number of alkyl carbamates (subject to hydrolysis) is 1. The molecule has 1 unspecified atom stereocenters. The van der Waals surface area contributed by atoms with Gasteiger partial charge in [0.1, 0.15) is 10.1 Å². The summed E-state index contributed by atoms with van der Waals surface area (Å²) in [7, 11) is 0. The quantitative estimate of drug-likeness (QED) is 0.587. The molecule has 0 radical (unpaired) electrons. The van der Waals surface area contributed by atoms with E-state index in [1.165, 1.54) is 12.1 Å². The molecule has 26 heavy (non-hydrogen) atoms. The number of benzene rings is 1. The molecule has 1 saturated heterocycles. The topological polar surface area (TPSA) is 102 Å².